The lowest BCUT2D eigenvalue weighted by Gasteiger charge is -2.35. The maximum Gasteiger partial charge on any atom is 0.289 e. The van der Waals surface area contributed by atoms with Crippen molar-refractivity contribution in [2.45, 2.75) is 6.04 Å². The minimum atomic E-state index is -0.255. The Labute approximate surface area is 109 Å². The van der Waals surface area contributed by atoms with Gasteiger partial charge in [-0.25, -0.2) is 0 Å². The van der Waals surface area contributed by atoms with Crippen LogP contribution in [0.1, 0.15) is 10.6 Å². The zero-order chi connectivity index (χ0) is 13.4. The van der Waals surface area contributed by atoms with Crippen LogP contribution in [-0.2, 0) is 0 Å². The molecule has 1 fully saturated rings. The summed E-state index contributed by atoms with van der Waals surface area (Å²) in [5, 5.41) is 3.60. The minimum Gasteiger partial charge on any atom is -0.451 e. The second kappa shape index (κ2) is 4.51. The zero-order valence-corrected chi connectivity index (χ0v) is 10.6. The highest BCUT2D eigenvalue weighted by Crippen LogP contribution is 2.14. The molecular formula is C14H14N2O3. The summed E-state index contributed by atoms with van der Waals surface area (Å²) in [5.74, 6) is -0.160. The van der Waals surface area contributed by atoms with Gasteiger partial charge >= 0.3 is 0 Å². The van der Waals surface area contributed by atoms with E-state index in [-0.39, 0.29) is 23.1 Å². The highest BCUT2D eigenvalue weighted by molar-refractivity contribution is 5.93. The number of benzene rings is 1. The first-order chi connectivity index (χ1) is 9.16. The molecule has 2 heterocycles. The van der Waals surface area contributed by atoms with Gasteiger partial charge in [-0.15, -0.1) is 0 Å². The fourth-order valence-electron chi connectivity index (χ4n) is 2.10. The lowest BCUT2D eigenvalue weighted by molar-refractivity contribution is 0.0649. The molecule has 1 aromatic carbocycles. The summed E-state index contributed by atoms with van der Waals surface area (Å²) in [6.07, 6.45) is 0. The molecule has 2 aromatic rings. The summed E-state index contributed by atoms with van der Waals surface area (Å²) >= 11 is 0. The molecule has 98 valence electrons. The van der Waals surface area contributed by atoms with Gasteiger partial charge in [0.2, 0.25) is 0 Å². The van der Waals surface area contributed by atoms with Gasteiger partial charge in [0.05, 0.1) is 11.4 Å². The number of nitrogens with one attached hydrogen (secondary N) is 1. The maximum absolute atomic E-state index is 12.2. The average molecular weight is 258 g/mol. The number of hydrogen-bond acceptors (Lipinski definition) is 4. The van der Waals surface area contributed by atoms with Gasteiger partial charge in [0, 0.05) is 26.2 Å². The molecule has 1 aliphatic rings. The first-order valence-electron chi connectivity index (χ1n) is 6.17. The van der Waals surface area contributed by atoms with Crippen molar-refractivity contribution in [2.75, 3.05) is 20.1 Å². The van der Waals surface area contributed by atoms with Crippen LogP contribution in [0, 0.1) is 0 Å². The van der Waals surface area contributed by atoms with Crippen molar-refractivity contribution in [3.8, 4) is 0 Å². The summed E-state index contributed by atoms with van der Waals surface area (Å²) in [4.78, 5) is 25.8. The third-order valence-corrected chi connectivity index (χ3v) is 3.47. The molecule has 0 spiro atoms. The van der Waals surface area contributed by atoms with E-state index in [4.69, 9.17) is 4.42 Å². The molecule has 1 aromatic heterocycles. The number of rotatable bonds is 2. The van der Waals surface area contributed by atoms with Crippen LogP contribution < -0.4 is 10.7 Å². The fourth-order valence-corrected chi connectivity index (χ4v) is 2.10. The molecule has 0 aliphatic carbocycles. The Morgan fingerprint density at radius 2 is 2.11 bits per heavy atom. The lowest BCUT2D eigenvalue weighted by atomic mass is 10.1. The van der Waals surface area contributed by atoms with Crippen molar-refractivity contribution in [3.63, 3.8) is 0 Å². The highest BCUT2D eigenvalue weighted by atomic mass is 16.3. The van der Waals surface area contributed by atoms with Crippen molar-refractivity contribution < 1.29 is 9.21 Å². The van der Waals surface area contributed by atoms with Crippen LogP contribution in [-0.4, -0.2) is 37.0 Å². The number of hydrogen-bond donors (Lipinski definition) is 1. The van der Waals surface area contributed by atoms with Crippen molar-refractivity contribution in [1.29, 1.82) is 0 Å². The molecule has 1 N–H and O–H groups in total. The van der Waals surface area contributed by atoms with E-state index in [1.807, 2.05) is 0 Å². The number of para-hydroxylation sites is 1. The predicted molar refractivity (Wildman–Crippen MR) is 71.2 cm³/mol. The average Bonchev–Trinajstić information content (AvgIpc) is 2.35. The molecule has 5 nitrogen and oxygen atoms in total. The van der Waals surface area contributed by atoms with Crippen LogP contribution in [0.15, 0.2) is 39.5 Å². The Morgan fingerprint density at radius 1 is 1.37 bits per heavy atom. The normalized spacial score (nSPS) is 15.2. The van der Waals surface area contributed by atoms with Gasteiger partial charge in [0.15, 0.2) is 11.2 Å². The third-order valence-electron chi connectivity index (χ3n) is 3.47. The SMILES string of the molecule is CN(C(=O)c1cc(=O)c2ccccc2o1)C1CNC1. The lowest BCUT2D eigenvalue weighted by Crippen LogP contribution is -2.57. The second-order valence-corrected chi connectivity index (χ2v) is 4.70. The third kappa shape index (κ3) is 2.02. The second-order valence-electron chi connectivity index (χ2n) is 4.70. The summed E-state index contributed by atoms with van der Waals surface area (Å²) < 4.78 is 5.53. The summed E-state index contributed by atoms with van der Waals surface area (Å²) in [5.41, 5.74) is 0.254. The Bertz CT molecular complexity index is 688. The molecule has 0 unspecified atom stereocenters. The standard InChI is InChI=1S/C14H14N2O3/c1-16(9-7-15-8-9)14(18)13-6-11(17)10-4-2-3-5-12(10)19-13/h2-6,9,15H,7-8H2,1H3. The number of fused-ring (bicyclic) bond motifs is 1. The predicted octanol–water partition coefficient (Wildman–Crippen LogP) is 0.837. The van der Waals surface area contributed by atoms with Crippen LogP contribution in [0.4, 0.5) is 0 Å². The molecule has 1 aliphatic heterocycles. The number of nitrogens with zero attached hydrogens (tertiary/aromatic N) is 1. The largest absolute Gasteiger partial charge is 0.451 e. The van der Waals surface area contributed by atoms with Crippen molar-refractivity contribution in [1.82, 2.24) is 10.2 Å². The maximum atomic E-state index is 12.2. The Morgan fingerprint density at radius 3 is 2.79 bits per heavy atom. The first-order valence-corrected chi connectivity index (χ1v) is 6.17. The number of carbonyl (C=O) groups excluding carboxylic acids is 1. The van der Waals surface area contributed by atoms with Gasteiger partial charge in [0.25, 0.3) is 5.91 Å². The van der Waals surface area contributed by atoms with Gasteiger partial charge in [-0.1, -0.05) is 12.1 Å². The summed E-state index contributed by atoms with van der Waals surface area (Å²) in [7, 11) is 1.73. The van der Waals surface area contributed by atoms with Crippen LogP contribution in [0.5, 0.6) is 0 Å². The molecule has 0 bridgehead atoms. The minimum absolute atomic E-state index is 0.0955. The topological polar surface area (TPSA) is 62.6 Å². The van der Waals surface area contributed by atoms with Gasteiger partial charge in [-0.3, -0.25) is 9.59 Å². The van der Waals surface area contributed by atoms with Gasteiger partial charge in [-0.05, 0) is 12.1 Å². The quantitative estimate of drug-likeness (QED) is 0.867. The van der Waals surface area contributed by atoms with E-state index in [2.05, 4.69) is 5.32 Å². The first kappa shape index (κ1) is 11.9. The number of likely N-dealkylation sites (N-methyl/N-ethyl adjacent to an activating group) is 1. The van der Waals surface area contributed by atoms with Crippen LogP contribution >= 0.6 is 0 Å². The smallest absolute Gasteiger partial charge is 0.289 e. The van der Waals surface area contributed by atoms with E-state index < -0.39 is 0 Å². The Hall–Kier alpha value is -2.14. The van der Waals surface area contributed by atoms with E-state index in [9.17, 15) is 9.59 Å². The number of carbonyl (C=O) groups is 1. The van der Waals surface area contributed by atoms with Crippen LogP contribution in [0.25, 0.3) is 11.0 Å². The monoisotopic (exact) mass is 258 g/mol. The van der Waals surface area contributed by atoms with E-state index in [1.165, 1.54) is 6.07 Å². The van der Waals surface area contributed by atoms with E-state index in [1.54, 1.807) is 36.2 Å². The van der Waals surface area contributed by atoms with Crippen molar-refractivity contribution in [3.05, 3.63) is 46.3 Å². The number of amides is 1. The molecule has 0 atom stereocenters. The molecule has 19 heavy (non-hydrogen) atoms. The van der Waals surface area contributed by atoms with Crippen LogP contribution in [0.3, 0.4) is 0 Å². The van der Waals surface area contributed by atoms with Gasteiger partial charge < -0.3 is 14.6 Å². The molecule has 0 radical (unpaired) electrons. The molecule has 3 rings (SSSR count). The molecule has 1 saturated heterocycles. The van der Waals surface area contributed by atoms with Crippen molar-refractivity contribution >= 4 is 16.9 Å². The molecule has 5 heteroatoms. The summed E-state index contributed by atoms with van der Waals surface area (Å²) in [6.45, 7) is 1.56. The van der Waals surface area contributed by atoms with E-state index in [0.29, 0.717) is 11.0 Å². The van der Waals surface area contributed by atoms with Crippen LogP contribution in [0.2, 0.25) is 0 Å². The molecular weight excluding hydrogens is 244 g/mol. The molecule has 0 saturated carbocycles. The zero-order valence-electron chi connectivity index (χ0n) is 10.6. The Kier molecular flexibility index (Phi) is 2.83. The highest BCUT2D eigenvalue weighted by Gasteiger charge is 2.27. The fraction of sp³-hybridized carbons (Fsp3) is 0.286. The van der Waals surface area contributed by atoms with Gasteiger partial charge in [-0.2, -0.15) is 0 Å². The molecule has 1 amide bonds. The summed E-state index contributed by atoms with van der Waals surface area (Å²) in [6, 6.07) is 8.37. The van der Waals surface area contributed by atoms with E-state index in [0.717, 1.165) is 13.1 Å². The van der Waals surface area contributed by atoms with Crippen molar-refractivity contribution in [2.24, 2.45) is 0 Å². The van der Waals surface area contributed by atoms with E-state index >= 15 is 0 Å². The Balaban J connectivity index is 2.00. The van der Waals surface area contributed by atoms with Gasteiger partial charge in [0.1, 0.15) is 5.58 Å².